The summed E-state index contributed by atoms with van der Waals surface area (Å²) in [6, 6.07) is 3.72. The maximum Gasteiger partial charge on any atom is 0.220 e. The van der Waals surface area contributed by atoms with Gasteiger partial charge in [-0.05, 0) is 30.9 Å². The van der Waals surface area contributed by atoms with Crippen LogP contribution in [0.2, 0.25) is 0 Å². The minimum atomic E-state index is 0.134. The van der Waals surface area contributed by atoms with Crippen LogP contribution in [-0.2, 0) is 16.1 Å². The molecule has 0 fully saturated rings. The van der Waals surface area contributed by atoms with E-state index in [1.54, 1.807) is 6.26 Å². The Kier molecular flexibility index (Phi) is 7.18. The largest absolute Gasteiger partial charge is 0.467 e. The van der Waals surface area contributed by atoms with Gasteiger partial charge in [0.15, 0.2) is 0 Å². The zero-order valence-electron chi connectivity index (χ0n) is 11.3. The molecule has 0 aliphatic carbocycles. The number of carbonyl (C=O) groups excluding carboxylic acids is 1. The van der Waals surface area contributed by atoms with Crippen LogP contribution in [0.5, 0.6) is 0 Å². The molecule has 1 N–H and O–H groups in total. The molecule has 1 aromatic heterocycles. The first-order valence-corrected chi connectivity index (χ1v) is 6.55. The van der Waals surface area contributed by atoms with Crippen molar-refractivity contribution in [3.63, 3.8) is 0 Å². The number of hydrogen-bond acceptors (Lipinski definition) is 3. The molecule has 0 saturated carbocycles. The van der Waals surface area contributed by atoms with Crippen molar-refractivity contribution in [3.8, 4) is 0 Å². The predicted molar refractivity (Wildman–Crippen MR) is 70.1 cm³/mol. The van der Waals surface area contributed by atoms with E-state index < -0.39 is 0 Å². The second-order valence-corrected chi connectivity index (χ2v) is 4.77. The lowest BCUT2D eigenvalue weighted by molar-refractivity contribution is -0.121. The van der Waals surface area contributed by atoms with Crippen molar-refractivity contribution in [1.82, 2.24) is 5.32 Å². The zero-order valence-corrected chi connectivity index (χ0v) is 11.3. The standard InChI is InChI=1S/C14H23NO3/c1-12(2)6-7-14(16)15-8-4-9-17-11-13-5-3-10-18-13/h3,5,10,12H,4,6-9,11H2,1-2H3,(H,15,16). The molecule has 1 aromatic rings. The van der Waals surface area contributed by atoms with Crippen molar-refractivity contribution >= 4 is 5.91 Å². The van der Waals surface area contributed by atoms with Crippen LogP contribution < -0.4 is 5.32 Å². The van der Waals surface area contributed by atoms with Crippen molar-refractivity contribution in [3.05, 3.63) is 24.2 Å². The van der Waals surface area contributed by atoms with Gasteiger partial charge in [0.2, 0.25) is 5.91 Å². The van der Waals surface area contributed by atoms with Crippen LogP contribution in [-0.4, -0.2) is 19.1 Å². The van der Waals surface area contributed by atoms with Gasteiger partial charge in [0.1, 0.15) is 12.4 Å². The molecule has 0 radical (unpaired) electrons. The van der Waals surface area contributed by atoms with Gasteiger partial charge in [0, 0.05) is 19.6 Å². The molecule has 0 atom stereocenters. The summed E-state index contributed by atoms with van der Waals surface area (Å²) >= 11 is 0. The molecule has 4 heteroatoms. The van der Waals surface area contributed by atoms with Crippen LogP contribution in [0.3, 0.4) is 0 Å². The third-order valence-electron chi connectivity index (χ3n) is 2.56. The van der Waals surface area contributed by atoms with Crippen LogP contribution in [0.4, 0.5) is 0 Å². The van der Waals surface area contributed by atoms with Crippen LogP contribution in [0.1, 0.15) is 38.9 Å². The first-order valence-electron chi connectivity index (χ1n) is 6.55. The van der Waals surface area contributed by atoms with Crippen molar-refractivity contribution in [1.29, 1.82) is 0 Å². The third kappa shape index (κ3) is 7.12. The van der Waals surface area contributed by atoms with E-state index >= 15 is 0 Å². The van der Waals surface area contributed by atoms with E-state index in [0.717, 1.165) is 18.6 Å². The first-order chi connectivity index (χ1) is 8.68. The average molecular weight is 253 g/mol. The van der Waals surface area contributed by atoms with Gasteiger partial charge in [0.05, 0.1) is 6.26 Å². The number of ether oxygens (including phenoxy) is 1. The van der Waals surface area contributed by atoms with Crippen LogP contribution >= 0.6 is 0 Å². The van der Waals surface area contributed by atoms with Crippen molar-refractivity contribution < 1.29 is 13.9 Å². The van der Waals surface area contributed by atoms with Crippen molar-refractivity contribution in [2.24, 2.45) is 5.92 Å². The molecule has 18 heavy (non-hydrogen) atoms. The summed E-state index contributed by atoms with van der Waals surface area (Å²) in [6.07, 6.45) is 4.02. The van der Waals surface area contributed by atoms with Crippen molar-refractivity contribution in [2.75, 3.05) is 13.2 Å². The van der Waals surface area contributed by atoms with Crippen LogP contribution in [0.25, 0.3) is 0 Å². The summed E-state index contributed by atoms with van der Waals surface area (Å²) in [4.78, 5) is 11.4. The number of nitrogens with one attached hydrogen (secondary N) is 1. The van der Waals surface area contributed by atoms with E-state index in [1.165, 1.54) is 0 Å². The highest BCUT2D eigenvalue weighted by atomic mass is 16.5. The molecule has 4 nitrogen and oxygen atoms in total. The number of hydrogen-bond donors (Lipinski definition) is 1. The topological polar surface area (TPSA) is 51.5 Å². The lowest BCUT2D eigenvalue weighted by atomic mass is 10.1. The molecule has 0 aliphatic rings. The average Bonchev–Trinajstić information content (AvgIpc) is 2.84. The summed E-state index contributed by atoms with van der Waals surface area (Å²) in [5, 5.41) is 2.89. The summed E-state index contributed by atoms with van der Waals surface area (Å²) < 4.78 is 10.6. The molecule has 0 aromatic carbocycles. The van der Waals surface area contributed by atoms with E-state index in [9.17, 15) is 4.79 Å². The summed E-state index contributed by atoms with van der Waals surface area (Å²) in [5.74, 6) is 1.54. The fraction of sp³-hybridized carbons (Fsp3) is 0.643. The first kappa shape index (κ1) is 14.8. The van der Waals surface area contributed by atoms with E-state index in [0.29, 0.717) is 32.1 Å². The van der Waals surface area contributed by atoms with E-state index in [2.05, 4.69) is 19.2 Å². The quantitative estimate of drug-likeness (QED) is 0.688. The number of furan rings is 1. The second-order valence-electron chi connectivity index (χ2n) is 4.77. The Hall–Kier alpha value is -1.29. The fourth-order valence-electron chi connectivity index (χ4n) is 1.48. The number of amides is 1. The molecule has 102 valence electrons. The normalized spacial score (nSPS) is 10.8. The second kappa shape index (κ2) is 8.75. The lowest BCUT2D eigenvalue weighted by Crippen LogP contribution is -2.25. The number of rotatable bonds is 9. The fourth-order valence-corrected chi connectivity index (χ4v) is 1.48. The molecule has 0 saturated heterocycles. The van der Waals surface area contributed by atoms with E-state index in [1.807, 2.05) is 12.1 Å². The lowest BCUT2D eigenvalue weighted by Gasteiger charge is -2.07. The van der Waals surface area contributed by atoms with Gasteiger partial charge in [-0.3, -0.25) is 4.79 Å². The van der Waals surface area contributed by atoms with E-state index in [4.69, 9.17) is 9.15 Å². The Labute approximate surface area is 109 Å². The molecule has 0 unspecified atom stereocenters. The molecule has 0 bridgehead atoms. The Balaban J connectivity index is 1.90. The van der Waals surface area contributed by atoms with Gasteiger partial charge < -0.3 is 14.5 Å². The minimum absolute atomic E-state index is 0.134. The maximum absolute atomic E-state index is 11.4. The van der Waals surface area contributed by atoms with E-state index in [-0.39, 0.29) is 5.91 Å². The molecule has 1 rings (SSSR count). The minimum Gasteiger partial charge on any atom is -0.467 e. The predicted octanol–water partition coefficient (Wildman–Crippen LogP) is 2.74. The smallest absolute Gasteiger partial charge is 0.220 e. The highest BCUT2D eigenvalue weighted by Gasteiger charge is 2.02. The molecule has 1 heterocycles. The Morgan fingerprint density at radius 2 is 2.33 bits per heavy atom. The van der Waals surface area contributed by atoms with Gasteiger partial charge in [-0.1, -0.05) is 13.8 Å². The molecule has 0 spiro atoms. The molecular formula is C14H23NO3. The Morgan fingerprint density at radius 3 is 3.00 bits per heavy atom. The van der Waals surface area contributed by atoms with Gasteiger partial charge in [-0.25, -0.2) is 0 Å². The summed E-state index contributed by atoms with van der Waals surface area (Å²) in [7, 11) is 0. The van der Waals surface area contributed by atoms with Gasteiger partial charge in [-0.2, -0.15) is 0 Å². The summed E-state index contributed by atoms with van der Waals surface area (Å²) in [6.45, 7) is 6.04. The highest BCUT2D eigenvalue weighted by Crippen LogP contribution is 2.03. The van der Waals surface area contributed by atoms with Gasteiger partial charge >= 0.3 is 0 Å². The SMILES string of the molecule is CC(C)CCC(=O)NCCCOCc1ccco1. The van der Waals surface area contributed by atoms with Gasteiger partial charge in [-0.15, -0.1) is 0 Å². The Bertz CT molecular complexity index is 320. The molecular weight excluding hydrogens is 230 g/mol. The van der Waals surface area contributed by atoms with Crippen LogP contribution in [0.15, 0.2) is 22.8 Å². The Morgan fingerprint density at radius 1 is 1.50 bits per heavy atom. The number of carbonyl (C=O) groups is 1. The van der Waals surface area contributed by atoms with Crippen LogP contribution in [0, 0.1) is 5.92 Å². The third-order valence-corrected chi connectivity index (χ3v) is 2.56. The molecule has 1 amide bonds. The molecule has 0 aliphatic heterocycles. The van der Waals surface area contributed by atoms with Gasteiger partial charge in [0.25, 0.3) is 0 Å². The maximum atomic E-state index is 11.4. The summed E-state index contributed by atoms with van der Waals surface area (Å²) in [5.41, 5.74) is 0. The highest BCUT2D eigenvalue weighted by molar-refractivity contribution is 5.75. The zero-order chi connectivity index (χ0) is 13.2. The monoisotopic (exact) mass is 253 g/mol. The van der Waals surface area contributed by atoms with Crippen molar-refractivity contribution in [2.45, 2.75) is 39.7 Å².